The van der Waals surface area contributed by atoms with Crippen molar-refractivity contribution >= 4 is 23.4 Å². The van der Waals surface area contributed by atoms with E-state index in [1.54, 1.807) is 6.07 Å². The van der Waals surface area contributed by atoms with Gasteiger partial charge in [-0.15, -0.1) is 0 Å². The second-order valence-electron chi connectivity index (χ2n) is 5.12. The molecule has 0 bridgehead atoms. The molecule has 2 heteroatoms. The summed E-state index contributed by atoms with van der Waals surface area (Å²) >= 11 is 0. The molecule has 20 heavy (non-hydrogen) atoms. The molecule has 0 spiro atoms. The average molecular weight is 265 g/mol. The normalized spacial score (nSPS) is 14.7. The fourth-order valence-corrected chi connectivity index (χ4v) is 2.38. The Balaban J connectivity index is 2.00. The lowest BCUT2D eigenvalue weighted by Gasteiger charge is -2.13. The molecule has 0 heterocycles. The number of benzene rings is 2. The van der Waals surface area contributed by atoms with Crippen molar-refractivity contribution in [2.45, 2.75) is 0 Å². The quantitative estimate of drug-likeness (QED) is 0.775. The van der Waals surface area contributed by atoms with Gasteiger partial charge in [-0.3, -0.25) is 0 Å². The third-order valence-corrected chi connectivity index (χ3v) is 3.53. The SMILES string of the molecule is CN(C)c1ccc(/C=C2\C=Cc3ccccc32)c(F)c1. The summed E-state index contributed by atoms with van der Waals surface area (Å²) in [5, 5.41) is 0. The summed E-state index contributed by atoms with van der Waals surface area (Å²) in [6.07, 6.45) is 5.99. The first-order valence-corrected chi connectivity index (χ1v) is 6.61. The lowest BCUT2D eigenvalue weighted by atomic mass is 10.0. The van der Waals surface area contributed by atoms with E-state index in [1.165, 1.54) is 5.56 Å². The van der Waals surface area contributed by atoms with Gasteiger partial charge in [0.2, 0.25) is 0 Å². The first kappa shape index (κ1) is 12.7. The fraction of sp³-hybridized carbons (Fsp3) is 0.111. The monoisotopic (exact) mass is 265 g/mol. The van der Waals surface area contributed by atoms with Crippen LogP contribution in [0.3, 0.4) is 0 Å². The minimum absolute atomic E-state index is 0.193. The highest BCUT2D eigenvalue weighted by atomic mass is 19.1. The van der Waals surface area contributed by atoms with Crippen LogP contribution in [0.2, 0.25) is 0 Å². The minimum Gasteiger partial charge on any atom is -0.378 e. The molecule has 0 atom stereocenters. The van der Waals surface area contributed by atoms with E-state index in [0.29, 0.717) is 5.56 Å². The van der Waals surface area contributed by atoms with E-state index in [9.17, 15) is 4.39 Å². The van der Waals surface area contributed by atoms with Crippen LogP contribution < -0.4 is 4.90 Å². The maximum absolute atomic E-state index is 14.1. The maximum Gasteiger partial charge on any atom is 0.132 e. The predicted octanol–water partition coefficient (Wildman–Crippen LogP) is 4.46. The van der Waals surface area contributed by atoms with Crippen LogP contribution in [0.5, 0.6) is 0 Å². The van der Waals surface area contributed by atoms with Crippen LogP contribution >= 0.6 is 0 Å². The number of halogens is 1. The van der Waals surface area contributed by atoms with E-state index in [2.05, 4.69) is 18.2 Å². The van der Waals surface area contributed by atoms with Gasteiger partial charge in [0.25, 0.3) is 0 Å². The fourth-order valence-electron chi connectivity index (χ4n) is 2.38. The third kappa shape index (κ3) is 2.25. The van der Waals surface area contributed by atoms with Gasteiger partial charge in [-0.2, -0.15) is 0 Å². The van der Waals surface area contributed by atoms with Crippen LogP contribution in [0.4, 0.5) is 10.1 Å². The molecule has 0 unspecified atom stereocenters. The number of hydrogen-bond acceptors (Lipinski definition) is 1. The number of hydrogen-bond donors (Lipinski definition) is 0. The number of anilines is 1. The Bertz CT molecular complexity index is 711. The summed E-state index contributed by atoms with van der Waals surface area (Å²) in [5.41, 5.74) is 4.88. The Morgan fingerprint density at radius 1 is 1.00 bits per heavy atom. The van der Waals surface area contributed by atoms with Crippen LogP contribution in [0.1, 0.15) is 16.7 Å². The van der Waals surface area contributed by atoms with Crippen LogP contribution in [-0.4, -0.2) is 14.1 Å². The zero-order chi connectivity index (χ0) is 14.1. The van der Waals surface area contributed by atoms with E-state index >= 15 is 0 Å². The van der Waals surface area contributed by atoms with Crippen molar-refractivity contribution in [3.8, 4) is 0 Å². The topological polar surface area (TPSA) is 3.24 Å². The summed E-state index contributed by atoms with van der Waals surface area (Å²) in [5.74, 6) is -0.193. The molecule has 1 aliphatic rings. The molecular formula is C18H16FN. The summed E-state index contributed by atoms with van der Waals surface area (Å²) in [6.45, 7) is 0. The van der Waals surface area contributed by atoms with Gasteiger partial charge in [0.15, 0.2) is 0 Å². The summed E-state index contributed by atoms with van der Waals surface area (Å²) in [7, 11) is 3.81. The molecule has 0 saturated heterocycles. The molecule has 3 rings (SSSR count). The highest BCUT2D eigenvalue weighted by Crippen LogP contribution is 2.31. The molecule has 0 fully saturated rings. The molecule has 0 saturated carbocycles. The number of allylic oxidation sites excluding steroid dienone is 2. The Morgan fingerprint density at radius 3 is 2.55 bits per heavy atom. The predicted molar refractivity (Wildman–Crippen MR) is 84.1 cm³/mol. The Morgan fingerprint density at radius 2 is 1.80 bits per heavy atom. The molecule has 0 amide bonds. The van der Waals surface area contributed by atoms with Crippen molar-refractivity contribution < 1.29 is 4.39 Å². The molecule has 1 aliphatic carbocycles. The van der Waals surface area contributed by atoms with Crippen LogP contribution in [0.15, 0.2) is 48.5 Å². The van der Waals surface area contributed by atoms with Crippen molar-refractivity contribution in [3.63, 3.8) is 0 Å². The van der Waals surface area contributed by atoms with Gasteiger partial charge in [0, 0.05) is 25.3 Å². The largest absolute Gasteiger partial charge is 0.378 e. The van der Waals surface area contributed by atoms with Crippen molar-refractivity contribution in [2.24, 2.45) is 0 Å². The first-order valence-electron chi connectivity index (χ1n) is 6.61. The lowest BCUT2D eigenvalue weighted by molar-refractivity contribution is 0.625. The van der Waals surface area contributed by atoms with Gasteiger partial charge in [-0.1, -0.05) is 36.4 Å². The van der Waals surface area contributed by atoms with Gasteiger partial charge in [-0.05, 0) is 41.0 Å². The van der Waals surface area contributed by atoms with Gasteiger partial charge < -0.3 is 4.90 Å². The smallest absolute Gasteiger partial charge is 0.132 e. The summed E-state index contributed by atoms with van der Waals surface area (Å²) < 4.78 is 14.1. The highest BCUT2D eigenvalue weighted by Gasteiger charge is 2.10. The lowest BCUT2D eigenvalue weighted by Crippen LogP contribution is -2.08. The van der Waals surface area contributed by atoms with Crippen LogP contribution in [0.25, 0.3) is 17.7 Å². The second kappa shape index (κ2) is 4.97. The molecule has 2 aromatic rings. The highest BCUT2D eigenvalue weighted by molar-refractivity contribution is 5.97. The molecule has 0 aromatic heterocycles. The number of rotatable bonds is 2. The van der Waals surface area contributed by atoms with E-state index in [1.807, 2.05) is 55.4 Å². The molecule has 1 nitrogen and oxygen atoms in total. The summed E-state index contributed by atoms with van der Waals surface area (Å²) in [4.78, 5) is 1.89. The second-order valence-corrected chi connectivity index (χ2v) is 5.12. The molecular weight excluding hydrogens is 249 g/mol. The number of nitrogens with zero attached hydrogens (tertiary/aromatic N) is 1. The molecule has 0 radical (unpaired) electrons. The van der Waals surface area contributed by atoms with E-state index in [0.717, 1.165) is 16.8 Å². The van der Waals surface area contributed by atoms with Gasteiger partial charge in [0.1, 0.15) is 5.82 Å². The molecule has 2 aromatic carbocycles. The maximum atomic E-state index is 14.1. The minimum atomic E-state index is -0.193. The van der Waals surface area contributed by atoms with Crippen molar-refractivity contribution in [3.05, 3.63) is 71.0 Å². The Kier molecular flexibility index (Phi) is 3.15. The third-order valence-electron chi connectivity index (χ3n) is 3.53. The van der Waals surface area contributed by atoms with Crippen molar-refractivity contribution in [1.82, 2.24) is 0 Å². The zero-order valence-electron chi connectivity index (χ0n) is 11.6. The number of fused-ring (bicyclic) bond motifs is 1. The van der Waals surface area contributed by atoms with Crippen LogP contribution in [-0.2, 0) is 0 Å². The zero-order valence-corrected chi connectivity index (χ0v) is 11.6. The van der Waals surface area contributed by atoms with E-state index in [4.69, 9.17) is 0 Å². The van der Waals surface area contributed by atoms with E-state index < -0.39 is 0 Å². The molecule has 100 valence electrons. The molecule has 0 aliphatic heterocycles. The van der Waals surface area contributed by atoms with Crippen molar-refractivity contribution in [2.75, 3.05) is 19.0 Å². The average Bonchev–Trinajstić information content (AvgIpc) is 2.84. The Labute approximate surface area is 118 Å². The first-order chi connectivity index (χ1) is 9.65. The van der Waals surface area contributed by atoms with Crippen molar-refractivity contribution in [1.29, 1.82) is 0 Å². The van der Waals surface area contributed by atoms with Gasteiger partial charge >= 0.3 is 0 Å². The van der Waals surface area contributed by atoms with Gasteiger partial charge in [0.05, 0.1) is 0 Å². The standard InChI is InChI=1S/C18H16FN/c1-20(2)16-10-9-15(18(19)12-16)11-14-8-7-13-5-3-4-6-17(13)14/h3-12H,1-2H3/b14-11+. The summed E-state index contributed by atoms with van der Waals surface area (Å²) in [6, 6.07) is 13.5. The molecule has 0 N–H and O–H groups in total. The Hall–Kier alpha value is -2.35. The van der Waals surface area contributed by atoms with Gasteiger partial charge in [-0.25, -0.2) is 4.39 Å². The van der Waals surface area contributed by atoms with E-state index in [-0.39, 0.29) is 5.82 Å². The van der Waals surface area contributed by atoms with Crippen LogP contribution in [0, 0.1) is 5.82 Å².